The van der Waals surface area contributed by atoms with Gasteiger partial charge in [-0.3, -0.25) is 4.79 Å². The van der Waals surface area contributed by atoms with E-state index in [0.717, 1.165) is 9.35 Å². The van der Waals surface area contributed by atoms with Crippen molar-refractivity contribution >= 4 is 62.1 Å². The van der Waals surface area contributed by atoms with E-state index in [-0.39, 0.29) is 21.7 Å². The molecule has 0 saturated carbocycles. The van der Waals surface area contributed by atoms with Gasteiger partial charge < -0.3 is 10.4 Å². The predicted octanol–water partition coefficient (Wildman–Crippen LogP) is 5.08. The van der Waals surface area contributed by atoms with Crippen LogP contribution in [0.2, 0.25) is 10.0 Å². The molecule has 2 rings (SSSR count). The van der Waals surface area contributed by atoms with Gasteiger partial charge in [-0.25, -0.2) is 0 Å². The number of aryl methyl sites for hydroxylation is 1. The number of phenolic OH excluding ortho intramolecular Hbond substituents is 1. The molecule has 100 valence electrons. The number of carbonyl (C=O) groups is 1. The summed E-state index contributed by atoms with van der Waals surface area (Å²) in [6.45, 7) is 1.91. The van der Waals surface area contributed by atoms with Gasteiger partial charge in [0.25, 0.3) is 5.91 Å². The van der Waals surface area contributed by atoms with Gasteiger partial charge in [0.15, 0.2) is 5.75 Å². The first kappa shape index (κ1) is 14.7. The molecule has 2 aromatic rings. The van der Waals surface area contributed by atoms with Gasteiger partial charge in [0.1, 0.15) is 0 Å². The average molecular weight is 381 g/mol. The van der Waals surface area contributed by atoms with E-state index in [2.05, 4.69) is 21.2 Å². The minimum atomic E-state index is -0.253. The molecule has 0 bridgehead atoms. The normalized spacial score (nSPS) is 10.5. The smallest absolute Gasteiger partial charge is 0.265 e. The monoisotopic (exact) mass is 379 g/mol. The molecular formula is C12H8BrCl2NO2S. The van der Waals surface area contributed by atoms with E-state index in [1.54, 1.807) is 6.07 Å². The van der Waals surface area contributed by atoms with Crippen LogP contribution in [0, 0.1) is 6.92 Å². The van der Waals surface area contributed by atoms with Gasteiger partial charge in [0, 0.05) is 5.69 Å². The highest BCUT2D eigenvalue weighted by molar-refractivity contribution is 9.11. The summed E-state index contributed by atoms with van der Waals surface area (Å²) in [4.78, 5) is 12.6. The van der Waals surface area contributed by atoms with Gasteiger partial charge in [0.05, 0.1) is 18.7 Å². The highest BCUT2D eigenvalue weighted by Crippen LogP contribution is 2.35. The Bertz CT molecular complexity index is 615. The number of nitrogens with one attached hydrogen (secondary N) is 1. The number of carbonyl (C=O) groups excluding carboxylic acids is 1. The van der Waals surface area contributed by atoms with Crippen LogP contribution in [0.5, 0.6) is 5.75 Å². The molecule has 0 aliphatic heterocycles. The van der Waals surface area contributed by atoms with Crippen LogP contribution in [0.15, 0.2) is 22.0 Å². The third-order valence-electron chi connectivity index (χ3n) is 2.36. The van der Waals surface area contributed by atoms with E-state index in [0.29, 0.717) is 10.6 Å². The van der Waals surface area contributed by atoms with E-state index < -0.39 is 0 Å². The van der Waals surface area contributed by atoms with Crippen molar-refractivity contribution in [3.05, 3.63) is 42.5 Å². The predicted molar refractivity (Wildman–Crippen MR) is 82.8 cm³/mol. The average Bonchev–Trinajstić information content (AvgIpc) is 2.66. The highest BCUT2D eigenvalue weighted by Gasteiger charge is 2.13. The van der Waals surface area contributed by atoms with Crippen LogP contribution in [-0.2, 0) is 0 Å². The molecule has 0 atom stereocenters. The molecular weight excluding hydrogens is 373 g/mol. The van der Waals surface area contributed by atoms with Gasteiger partial charge in [-0.1, -0.05) is 23.2 Å². The molecule has 3 nitrogen and oxygen atoms in total. The molecule has 1 heterocycles. The standard InChI is InChI=1S/C12H8BrCl2NO2S/c1-5-2-9(19-11(5)13)12(18)16-6-3-7(14)10(17)8(15)4-6/h2-4,17H,1H3,(H,16,18). The van der Waals surface area contributed by atoms with E-state index in [9.17, 15) is 9.90 Å². The summed E-state index contributed by atoms with van der Waals surface area (Å²) >= 11 is 16.3. The Morgan fingerprint density at radius 2 is 1.89 bits per heavy atom. The summed E-state index contributed by atoms with van der Waals surface area (Å²) in [5.41, 5.74) is 1.43. The fourth-order valence-corrected chi connectivity index (χ4v) is 3.32. The third kappa shape index (κ3) is 3.23. The number of thiophene rings is 1. The SMILES string of the molecule is Cc1cc(C(=O)Nc2cc(Cl)c(O)c(Cl)c2)sc1Br. The number of hydrogen-bond acceptors (Lipinski definition) is 3. The molecule has 1 aromatic carbocycles. The lowest BCUT2D eigenvalue weighted by molar-refractivity contribution is 0.103. The van der Waals surface area contributed by atoms with Crippen molar-refractivity contribution in [2.75, 3.05) is 5.32 Å². The molecule has 0 saturated heterocycles. The maximum atomic E-state index is 12.0. The van der Waals surface area contributed by atoms with Gasteiger partial charge in [-0.05, 0) is 46.6 Å². The number of aromatic hydroxyl groups is 1. The Hall–Kier alpha value is -0.750. The number of amides is 1. The summed E-state index contributed by atoms with van der Waals surface area (Å²) in [6.07, 6.45) is 0. The van der Waals surface area contributed by atoms with Crippen molar-refractivity contribution in [2.24, 2.45) is 0 Å². The lowest BCUT2D eigenvalue weighted by Gasteiger charge is -2.06. The topological polar surface area (TPSA) is 49.3 Å². The van der Waals surface area contributed by atoms with Crippen molar-refractivity contribution in [1.29, 1.82) is 0 Å². The van der Waals surface area contributed by atoms with Gasteiger partial charge in [0.2, 0.25) is 0 Å². The Morgan fingerprint density at radius 3 is 2.37 bits per heavy atom. The Labute approximate surface area is 132 Å². The molecule has 19 heavy (non-hydrogen) atoms. The lowest BCUT2D eigenvalue weighted by atomic mass is 10.3. The quantitative estimate of drug-likeness (QED) is 0.713. The Kier molecular flexibility index (Phi) is 4.40. The van der Waals surface area contributed by atoms with E-state index in [1.165, 1.54) is 23.5 Å². The number of rotatable bonds is 2. The van der Waals surface area contributed by atoms with E-state index >= 15 is 0 Å². The summed E-state index contributed by atoms with van der Waals surface area (Å²) in [6, 6.07) is 4.67. The largest absolute Gasteiger partial charge is 0.505 e. The zero-order valence-electron chi connectivity index (χ0n) is 9.63. The maximum Gasteiger partial charge on any atom is 0.265 e. The maximum absolute atomic E-state index is 12.0. The van der Waals surface area contributed by atoms with Crippen LogP contribution in [0.25, 0.3) is 0 Å². The second-order valence-electron chi connectivity index (χ2n) is 3.81. The molecule has 2 N–H and O–H groups in total. The first-order chi connectivity index (χ1) is 8.88. The first-order valence-electron chi connectivity index (χ1n) is 5.13. The van der Waals surface area contributed by atoms with Crippen LogP contribution < -0.4 is 5.32 Å². The summed E-state index contributed by atoms with van der Waals surface area (Å²) in [7, 11) is 0. The molecule has 0 fully saturated rings. The first-order valence-corrected chi connectivity index (χ1v) is 7.50. The minimum absolute atomic E-state index is 0.0892. The third-order valence-corrected chi connectivity index (χ3v) is 5.07. The minimum Gasteiger partial charge on any atom is -0.505 e. The second kappa shape index (κ2) is 5.71. The van der Waals surface area contributed by atoms with Crippen LogP contribution >= 0.6 is 50.5 Å². The van der Waals surface area contributed by atoms with Gasteiger partial charge in [-0.2, -0.15) is 0 Å². The van der Waals surface area contributed by atoms with Crippen LogP contribution in [0.1, 0.15) is 15.2 Å². The van der Waals surface area contributed by atoms with Crippen molar-refractivity contribution in [1.82, 2.24) is 0 Å². The number of hydrogen-bond donors (Lipinski definition) is 2. The van der Waals surface area contributed by atoms with Crippen LogP contribution in [0.4, 0.5) is 5.69 Å². The summed E-state index contributed by atoms with van der Waals surface area (Å²) in [5, 5.41) is 12.3. The lowest BCUT2D eigenvalue weighted by Crippen LogP contribution is -2.10. The van der Waals surface area contributed by atoms with E-state index in [1.807, 2.05) is 6.92 Å². The fraction of sp³-hybridized carbons (Fsp3) is 0.0833. The van der Waals surface area contributed by atoms with Crippen molar-refractivity contribution < 1.29 is 9.90 Å². The molecule has 0 aliphatic carbocycles. The number of benzene rings is 1. The summed E-state index contributed by atoms with van der Waals surface area (Å²) < 4.78 is 0.916. The van der Waals surface area contributed by atoms with Crippen molar-refractivity contribution in [3.8, 4) is 5.75 Å². The zero-order chi connectivity index (χ0) is 14.2. The second-order valence-corrected chi connectivity index (χ2v) is 6.99. The number of halogens is 3. The van der Waals surface area contributed by atoms with Crippen LogP contribution in [-0.4, -0.2) is 11.0 Å². The Balaban J connectivity index is 2.24. The van der Waals surface area contributed by atoms with Crippen LogP contribution in [0.3, 0.4) is 0 Å². The molecule has 1 aromatic heterocycles. The van der Waals surface area contributed by atoms with Gasteiger partial charge >= 0.3 is 0 Å². The highest BCUT2D eigenvalue weighted by atomic mass is 79.9. The molecule has 0 radical (unpaired) electrons. The molecule has 0 unspecified atom stereocenters. The van der Waals surface area contributed by atoms with E-state index in [4.69, 9.17) is 23.2 Å². The molecule has 0 aliphatic rings. The molecule has 1 amide bonds. The summed E-state index contributed by atoms with van der Waals surface area (Å²) in [5.74, 6) is -0.451. The number of phenols is 1. The number of anilines is 1. The zero-order valence-corrected chi connectivity index (χ0v) is 13.5. The Morgan fingerprint density at radius 1 is 1.32 bits per heavy atom. The fourth-order valence-electron chi connectivity index (χ4n) is 1.40. The molecule has 7 heteroatoms. The van der Waals surface area contributed by atoms with Crippen molar-refractivity contribution in [2.45, 2.75) is 6.92 Å². The van der Waals surface area contributed by atoms with Gasteiger partial charge in [-0.15, -0.1) is 11.3 Å². The molecule has 0 spiro atoms. The van der Waals surface area contributed by atoms with Crippen molar-refractivity contribution in [3.63, 3.8) is 0 Å².